The minimum atomic E-state index is -1.21. The number of carbonyl (C=O) groups excluding carboxylic acids is 2. The molecule has 0 saturated carbocycles. The molecule has 4 atom stereocenters. The van der Waals surface area contributed by atoms with Gasteiger partial charge in [-0.1, -0.05) is 60.1 Å². The smallest absolute Gasteiger partial charge is 0.250 e. The fourth-order valence-electron chi connectivity index (χ4n) is 5.68. The second-order valence-electron chi connectivity index (χ2n) is 9.61. The molecule has 1 spiro atoms. The number of para-hydroxylation sites is 1. The summed E-state index contributed by atoms with van der Waals surface area (Å²) in [6, 6.07) is 21.0. The number of amides is 1. The van der Waals surface area contributed by atoms with Gasteiger partial charge in [0.25, 0.3) is 0 Å². The summed E-state index contributed by atoms with van der Waals surface area (Å²) < 4.78 is 14.6. The molecule has 3 aromatic rings. The Kier molecular flexibility index (Phi) is 5.90. The van der Waals surface area contributed by atoms with Crippen LogP contribution in [0.3, 0.4) is 0 Å². The highest BCUT2D eigenvalue weighted by Gasteiger charge is 2.64. The summed E-state index contributed by atoms with van der Waals surface area (Å²) in [7, 11) is 0. The molecule has 34 heavy (non-hydrogen) atoms. The molecule has 1 fully saturated rings. The van der Waals surface area contributed by atoms with Crippen LogP contribution in [0.5, 0.6) is 0 Å². The van der Waals surface area contributed by atoms with Gasteiger partial charge in [-0.25, -0.2) is 4.39 Å². The Morgan fingerprint density at radius 3 is 2.38 bits per heavy atom. The molecule has 174 valence electrons. The van der Waals surface area contributed by atoms with E-state index >= 15 is 0 Å². The van der Waals surface area contributed by atoms with Crippen molar-refractivity contribution < 1.29 is 14.0 Å². The van der Waals surface area contributed by atoms with Crippen molar-refractivity contribution in [2.45, 2.75) is 37.8 Å². The molecule has 1 saturated heterocycles. The van der Waals surface area contributed by atoms with E-state index in [1.165, 1.54) is 24.3 Å². The lowest BCUT2D eigenvalue weighted by Crippen LogP contribution is -2.51. The van der Waals surface area contributed by atoms with Crippen molar-refractivity contribution in [3.8, 4) is 0 Å². The van der Waals surface area contributed by atoms with Gasteiger partial charge >= 0.3 is 0 Å². The van der Waals surface area contributed by atoms with Gasteiger partial charge in [0, 0.05) is 33.2 Å². The van der Waals surface area contributed by atoms with Crippen LogP contribution in [-0.4, -0.2) is 17.7 Å². The van der Waals surface area contributed by atoms with E-state index in [2.05, 4.69) is 40.4 Å². The van der Waals surface area contributed by atoms with Crippen LogP contribution >= 0.6 is 15.9 Å². The Morgan fingerprint density at radius 1 is 1.03 bits per heavy atom. The molecule has 0 radical (unpaired) electrons. The number of hydrogen-bond acceptors (Lipinski definition) is 3. The molecule has 2 heterocycles. The summed E-state index contributed by atoms with van der Waals surface area (Å²) in [4.78, 5) is 27.9. The number of Topliss-reactive ketones (excluding diaryl/α,β-unsaturated/α-hetero) is 1. The molecule has 2 N–H and O–H groups in total. The number of halogens is 2. The third-order valence-electron chi connectivity index (χ3n) is 7.02. The van der Waals surface area contributed by atoms with E-state index in [-0.39, 0.29) is 23.7 Å². The summed E-state index contributed by atoms with van der Waals surface area (Å²) in [6.07, 6.45) is 0.797. The van der Waals surface area contributed by atoms with Gasteiger partial charge in [-0.05, 0) is 60.4 Å². The van der Waals surface area contributed by atoms with Crippen LogP contribution in [0.25, 0.3) is 0 Å². The zero-order valence-corrected chi connectivity index (χ0v) is 20.6. The van der Waals surface area contributed by atoms with Gasteiger partial charge in [0.15, 0.2) is 5.78 Å². The molecular formula is C28H26BrFN2O2. The van der Waals surface area contributed by atoms with Gasteiger partial charge in [0.1, 0.15) is 11.4 Å². The lowest BCUT2D eigenvalue weighted by atomic mass is 9.69. The second-order valence-corrected chi connectivity index (χ2v) is 10.5. The van der Waals surface area contributed by atoms with Crippen molar-refractivity contribution in [3.05, 3.63) is 99.8 Å². The van der Waals surface area contributed by atoms with Crippen molar-refractivity contribution in [2.75, 3.05) is 5.32 Å². The first kappa shape index (κ1) is 22.9. The maximum Gasteiger partial charge on any atom is 0.250 e. The monoisotopic (exact) mass is 520 g/mol. The van der Waals surface area contributed by atoms with Crippen LogP contribution in [0.4, 0.5) is 10.1 Å². The maximum absolute atomic E-state index is 14.2. The van der Waals surface area contributed by atoms with Gasteiger partial charge in [0.2, 0.25) is 5.91 Å². The van der Waals surface area contributed by atoms with Crippen LogP contribution < -0.4 is 10.6 Å². The highest BCUT2D eigenvalue weighted by Crippen LogP contribution is 2.54. The highest BCUT2D eigenvalue weighted by atomic mass is 79.9. The molecule has 0 aromatic heterocycles. The van der Waals surface area contributed by atoms with Crippen molar-refractivity contribution in [3.63, 3.8) is 0 Å². The number of benzene rings is 3. The SMILES string of the molecule is CC(C)CC1NC2(C(=O)Nc3ccccc32)C(C(=O)c2ccc(F)cc2)C1c1ccc(Br)cc1. The molecule has 5 rings (SSSR count). The molecule has 2 aliphatic heterocycles. The first-order valence-corrected chi connectivity index (χ1v) is 12.3. The van der Waals surface area contributed by atoms with Crippen LogP contribution in [0, 0.1) is 17.7 Å². The average Bonchev–Trinajstić information content (AvgIpc) is 3.29. The molecule has 2 aliphatic rings. The molecule has 4 unspecified atom stereocenters. The minimum absolute atomic E-state index is 0.104. The quantitative estimate of drug-likeness (QED) is 0.403. The minimum Gasteiger partial charge on any atom is -0.324 e. The fraction of sp³-hybridized carbons (Fsp3) is 0.286. The summed E-state index contributed by atoms with van der Waals surface area (Å²) >= 11 is 3.51. The molecule has 0 aliphatic carbocycles. The van der Waals surface area contributed by atoms with E-state index in [9.17, 15) is 14.0 Å². The van der Waals surface area contributed by atoms with E-state index in [1.807, 2.05) is 48.5 Å². The first-order chi connectivity index (χ1) is 16.3. The Balaban J connectivity index is 1.73. The predicted molar refractivity (Wildman–Crippen MR) is 134 cm³/mol. The van der Waals surface area contributed by atoms with E-state index in [0.717, 1.165) is 27.7 Å². The maximum atomic E-state index is 14.2. The normalized spacial score (nSPS) is 25.6. The van der Waals surface area contributed by atoms with Crippen molar-refractivity contribution in [2.24, 2.45) is 11.8 Å². The van der Waals surface area contributed by atoms with Crippen molar-refractivity contribution in [1.29, 1.82) is 0 Å². The summed E-state index contributed by atoms with van der Waals surface area (Å²) in [6.45, 7) is 4.29. The predicted octanol–water partition coefficient (Wildman–Crippen LogP) is 6.04. The van der Waals surface area contributed by atoms with Gasteiger partial charge in [-0.15, -0.1) is 0 Å². The Morgan fingerprint density at radius 2 is 1.71 bits per heavy atom. The average molecular weight is 521 g/mol. The van der Waals surface area contributed by atoms with Gasteiger partial charge in [-0.2, -0.15) is 0 Å². The Bertz CT molecular complexity index is 1240. The Hall–Kier alpha value is -2.83. The van der Waals surface area contributed by atoms with Crippen LogP contribution in [0.2, 0.25) is 0 Å². The van der Waals surface area contributed by atoms with E-state index < -0.39 is 17.3 Å². The number of rotatable bonds is 5. The molecule has 4 nitrogen and oxygen atoms in total. The Labute approximate surface area is 207 Å². The third kappa shape index (κ3) is 3.69. The number of hydrogen-bond donors (Lipinski definition) is 2. The molecule has 3 aromatic carbocycles. The number of ketones is 1. The number of nitrogens with one attached hydrogen (secondary N) is 2. The number of anilines is 1. The summed E-state index contributed by atoms with van der Waals surface area (Å²) in [5.41, 5.74) is 1.69. The van der Waals surface area contributed by atoms with Crippen molar-refractivity contribution in [1.82, 2.24) is 5.32 Å². The van der Waals surface area contributed by atoms with Crippen LogP contribution in [-0.2, 0) is 10.3 Å². The summed E-state index contributed by atoms with van der Waals surface area (Å²) in [5, 5.41) is 6.67. The van der Waals surface area contributed by atoms with Crippen LogP contribution in [0.15, 0.2) is 77.3 Å². The van der Waals surface area contributed by atoms with E-state index in [1.54, 1.807) is 0 Å². The number of fused-ring (bicyclic) bond motifs is 2. The van der Waals surface area contributed by atoms with Crippen LogP contribution in [0.1, 0.15) is 47.7 Å². The lowest BCUT2D eigenvalue weighted by Gasteiger charge is -2.31. The first-order valence-electron chi connectivity index (χ1n) is 11.5. The largest absolute Gasteiger partial charge is 0.324 e. The standard InChI is InChI=1S/C28H26BrFN2O2/c1-16(2)15-23-24(17-7-11-19(29)12-8-17)25(26(33)18-9-13-20(30)14-10-18)28(32-23)21-5-3-4-6-22(21)31-27(28)34/h3-14,16,23-25,32H,15H2,1-2H3,(H,31,34). The molecule has 1 amide bonds. The lowest BCUT2D eigenvalue weighted by molar-refractivity contribution is -0.122. The zero-order chi connectivity index (χ0) is 24.0. The molecule has 6 heteroatoms. The second kappa shape index (κ2) is 8.75. The van der Waals surface area contributed by atoms with E-state index in [4.69, 9.17) is 0 Å². The molecular weight excluding hydrogens is 495 g/mol. The van der Waals surface area contributed by atoms with Gasteiger partial charge in [0.05, 0.1) is 5.92 Å². The van der Waals surface area contributed by atoms with Gasteiger partial charge < -0.3 is 5.32 Å². The van der Waals surface area contributed by atoms with Gasteiger partial charge in [-0.3, -0.25) is 14.9 Å². The van der Waals surface area contributed by atoms with E-state index in [0.29, 0.717) is 11.5 Å². The topological polar surface area (TPSA) is 58.2 Å². The van der Waals surface area contributed by atoms with Crippen molar-refractivity contribution >= 4 is 33.3 Å². The summed E-state index contributed by atoms with van der Waals surface area (Å²) in [5.74, 6) is -1.38. The molecule has 0 bridgehead atoms. The third-order valence-corrected chi connectivity index (χ3v) is 7.55. The fourth-order valence-corrected chi connectivity index (χ4v) is 5.95. The number of carbonyl (C=O) groups is 2. The highest BCUT2D eigenvalue weighted by molar-refractivity contribution is 9.10. The zero-order valence-electron chi connectivity index (χ0n) is 19.0.